The van der Waals surface area contributed by atoms with E-state index in [2.05, 4.69) is 28.7 Å². The molecule has 3 rings (SSSR count). The van der Waals surface area contributed by atoms with Crippen LogP contribution in [0, 0.1) is 0 Å². The van der Waals surface area contributed by atoms with Gasteiger partial charge < -0.3 is 14.4 Å². The second-order valence-corrected chi connectivity index (χ2v) is 8.24. The predicted molar refractivity (Wildman–Crippen MR) is 115 cm³/mol. The van der Waals surface area contributed by atoms with Gasteiger partial charge in [-0.1, -0.05) is 34.7 Å². The lowest BCUT2D eigenvalue weighted by molar-refractivity contribution is -0.118. The number of benzene rings is 2. The Hall–Kier alpha value is -1.41. The van der Waals surface area contributed by atoms with Gasteiger partial charge in [0.1, 0.15) is 16.7 Å². The monoisotopic (exact) mass is 483 g/mol. The number of nitrogens with zero attached hydrogens (tertiary/aromatic N) is 1. The fraction of sp³-hybridized carbons (Fsp3) is 0.350. The highest BCUT2D eigenvalue weighted by Crippen LogP contribution is 2.48. The summed E-state index contributed by atoms with van der Waals surface area (Å²) < 4.78 is 12.5. The van der Waals surface area contributed by atoms with E-state index in [-0.39, 0.29) is 11.2 Å². The van der Waals surface area contributed by atoms with E-state index >= 15 is 0 Å². The number of carbonyl (C=O) groups excluding carboxylic acids is 1. The molecule has 1 heterocycles. The van der Waals surface area contributed by atoms with Crippen LogP contribution in [0.2, 0.25) is 0 Å². The van der Waals surface area contributed by atoms with Crippen LogP contribution in [0.3, 0.4) is 0 Å². The molecule has 0 radical (unpaired) electrons. The number of halogens is 1. The number of thioether (sulfide) groups is 1. The van der Waals surface area contributed by atoms with Crippen molar-refractivity contribution in [2.24, 2.45) is 0 Å². The van der Waals surface area contributed by atoms with Crippen molar-refractivity contribution in [3.8, 4) is 11.5 Å². The van der Waals surface area contributed by atoms with Gasteiger partial charge >= 0.3 is 0 Å². The zero-order valence-corrected chi connectivity index (χ0v) is 17.9. The molecule has 4 nitrogen and oxygen atoms in total. The van der Waals surface area contributed by atoms with Crippen molar-refractivity contribution in [2.45, 2.75) is 23.0 Å². The van der Waals surface area contributed by atoms with E-state index in [4.69, 9.17) is 9.47 Å². The summed E-state index contributed by atoms with van der Waals surface area (Å²) in [4.78, 5) is 15.9. The molecule has 0 saturated heterocycles. The molecule has 1 amide bonds. The summed E-state index contributed by atoms with van der Waals surface area (Å²) in [5.74, 6) is 1.55. The number of fused-ring (bicyclic) bond motifs is 1. The maximum absolute atomic E-state index is 13.0. The Kier molecular flexibility index (Phi) is 6.69. The first-order chi connectivity index (χ1) is 12.7. The van der Waals surface area contributed by atoms with E-state index in [9.17, 15) is 4.79 Å². The Morgan fingerprint density at radius 2 is 2.00 bits per heavy atom. The zero-order valence-electron chi connectivity index (χ0n) is 14.9. The minimum atomic E-state index is -0.343. The smallest absolute Gasteiger partial charge is 0.244 e. The van der Waals surface area contributed by atoms with Crippen molar-refractivity contribution < 1.29 is 14.3 Å². The molecule has 1 aliphatic rings. The normalized spacial score (nSPS) is 16.3. The standard InChI is InChI=1S/C20H22INO3S/c1-22-16-7-3-4-8-18(16)26-19(20(22)23)15-13-14(24-2)9-10-17(15)25-12-6-5-11-21/h3-4,7-10,13,19H,5-6,11-12H2,1-2H3. The summed E-state index contributed by atoms with van der Waals surface area (Å²) in [6, 6.07) is 13.7. The quantitative estimate of drug-likeness (QED) is 0.312. The Morgan fingerprint density at radius 3 is 2.77 bits per heavy atom. The minimum Gasteiger partial charge on any atom is -0.497 e. The highest BCUT2D eigenvalue weighted by Gasteiger charge is 2.34. The van der Waals surface area contributed by atoms with Gasteiger partial charge in [-0.15, -0.1) is 11.8 Å². The van der Waals surface area contributed by atoms with Gasteiger partial charge in [-0.3, -0.25) is 4.79 Å². The van der Waals surface area contributed by atoms with Gasteiger partial charge in [0.25, 0.3) is 0 Å². The second kappa shape index (κ2) is 8.99. The molecule has 1 unspecified atom stereocenters. The molecule has 0 bridgehead atoms. The molecule has 1 aliphatic heterocycles. The molecule has 6 heteroatoms. The fourth-order valence-corrected chi connectivity index (χ4v) is 4.72. The van der Waals surface area contributed by atoms with Crippen molar-refractivity contribution >= 4 is 45.9 Å². The summed E-state index contributed by atoms with van der Waals surface area (Å²) in [7, 11) is 3.46. The van der Waals surface area contributed by atoms with Crippen LogP contribution in [0.1, 0.15) is 23.7 Å². The first kappa shape index (κ1) is 19.4. The molecule has 2 aromatic carbocycles. The van der Waals surface area contributed by atoms with Gasteiger partial charge in [-0.2, -0.15) is 0 Å². The van der Waals surface area contributed by atoms with E-state index in [1.165, 1.54) is 0 Å². The molecule has 26 heavy (non-hydrogen) atoms. The third kappa shape index (κ3) is 4.11. The summed E-state index contributed by atoms with van der Waals surface area (Å²) in [5.41, 5.74) is 1.82. The van der Waals surface area contributed by atoms with E-state index < -0.39 is 0 Å². The Labute approximate surface area is 172 Å². The Bertz CT molecular complexity index is 783. The number of amides is 1. The van der Waals surface area contributed by atoms with Gasteiger partial charge in [-0.05, 0) is 47.6 Å². The highest BCUT2D eigenvalue weighted by molar-refractivity contribution is 14.1. The molecule has 0 fully saturated rings. The number of ether oxygens (including phenoxy) is 2. The number of hydrogen-bond acceptors (Lipinski definition) is 4. The summed E-state index contributed by atoms with van der Waals surface area (Å²) in [5, 5.41) is -0.343. The third-order valence-electron chi connectivity index (χ3n) is 4.31. The van der Waals surface area contributed by atoms with Crippen molar-refractivity contribution in [1.82, 2.24) is 0 Å². The third-order valence-corrected chi connectivity index (χ3v) is 6.36. The molecule has 2 aromatic rings. The number of unbranched alkanes of at least 4 members (excludes halogenated alkanes) is 1. The number of hydrogen-bond donors (Lipinski definition) is 0. The predicted octanol–water partition coefficient (Wildman–Crippen LogP) is 5.10. The average molecular weight is 483 g/mol. The van der Waals surface area contributed by atoms with Crippen LogP contribution in [0.4, 0.5) is 5.69 Å². The first-order valence-electron chi connectivity index (χ1n) is 8.55. The molecular formula is C20H22INO3S. The fourth-order valence-electron chi connectivity index (χ4n) is 2.87. The highest BCUT2D eigenvalue weighted by atomic mass is 127. The first-order valence-corrected chi connectivity index (χ1v) is 11.0. The Morgan fingerprint density at radius 1 is 1.19 bits per heavy atom. The summed E-state index contributed by atoms with van der Waals surface area (Å²) >= 11 is 3.94. The van der Waals surface area contributed by atoms with Gasteiger partial charge in [0.05, 0.1) is 19.4 Å². The number of methoxy groups -OCH3 is 1. The van der Waals surface area contributed by atoms with Crippen molar-refractivity contribution in [3.05, 3.63) is 48.0 Å². The van der Waals surface area contributed by atoms with Crippen LogP contribution >= 0.6 is 34.4 Å². The summed E-state index contributed by atoms with van der Waals surface area (Å²) in [6.07, 6.45) is 2.13. The lowest BCUT2D eigenvalue weighted by Crippen LogP contribution is -2.33. The maximum atomic E-state index is 13.0. The summed E-state index contributed by atoms with van der Waals surface area (Å²) in [6.45, 7) is 0.653. The lowest BCUT2D eigenvalue weighted by atomic mass is 10.1. The van der Waals surface area contributed by atoms with Crippen LogP contribution in [0.25, 0.3) is 0 Å². The van der Waals surface area contributed by atoms with Gasteiger partial charge in [0.15, 0.2) is 0 Å². The zero-order chi connectivity index (χ0) is 18.5. The van der Waals surface area contributed by atoms with Gasteiger partial charge in [0, 0.05) is 17.5 Å². The number of para-hydroxylation sites is 1. The largest absolute Gasteiger partial charge is 0.497 e. The molecule has 0 aromatic heterocycles. The number of rotatable bonds is 7. The minimum absolute atomic E-state index is 0.0547. The van der Waals surface area contributed by atoms with E-state index in [0.29, 0.717) is 6.61 Å². The SMILES string of the molecule is COc1ccc(OCCCCI)c(C2Sc3ccccc3N(C)C2=O)c1. The van der Waals surface area contributed by atoms with Crippen LogP contribution < -0.4 is 14.4 Å². The molecule has 0 aliphatic carbocycles. The van der Waals surface area contributed by atoms with Gasteiger partial charge in [0.2, 0.25) is 5.91 Å². The van der Waals surface area contributed by atoms with Crippen molar-refractivity contribution in [2.75, 3.05) is 30.1 Å². The maximum Gasteiger partial charge on any atom is 0.244 e. The van der Waals surface area contributed by atoms with Crippen LogP contribution in [-0.2, 0) is 4.79 Å². The second-order valence-electron chi connectivity index (χ2n) is 6.01. The number of anilines is 1. The molecule has 0 N–H and O–H groups in total. The van der Waals surface area contributed by atoms with Crippen LogP contribution in [0.15, 0.2) is 47.4 Å². The molecule has 138 valence electrons. The van der Waals surface area contributed by atoms with Crippen molar-refractivity contribution in [3.63, 3.8) is 0 Å². The average Bonchev–Trinajstić information content (AvgIpc) is 2.68. The molecule has 0 spiro atoms. The Balaban J connectivity index is 1.92. The molecule has 1 atom stereocenters. The van der Waals surface area contributed by atoms with Gasteiger partial charge in [-0.25, -0.2) is 0 Å². The molecule has 0 saturated carbocycles. The number of carbonyl (C=O) groups is 1. The van der Waals surface area contributed by atoms with Crippen LogP contribution in [0.5, 0.6) is 11.5 Å². The van der Waals surface area contributed by atoms with E-state index in [1.807, 2.05) is 43.4 Å². The number of likely N-dealkylation sites (N-methyl/N-ethyl adjacent to an activating group) is 1. The lowest BCUT2D eigenvalue weighted by Gasteiger charge is -2.32. The molecular weight excluding hydrogens is 461 g/mol. The van der Waals surface area contributed by atoms with E-state index in [0.717, 1.165) is 44.9 Å². The topological polar surface area (TPSA) is 38.8 Å². The van der Waals surface area contributed by atoms with Crippen LogP contribution in [-0.4, -0.2) is 31.1 Å². The van der Waals surface area contributed by atoms with E-state index in [1.54, 1.807) is 23.8 Å². The number of alkyl halides is 1. The van der Waals surface area contributed by atoms with Crippen molar-refractivity contribution in [1.29, 1.82) is 0 Å².